The molecule has 2 amide bonds. The highest BCUT2D eigenvalue weighted by atomic mass is 19.3. The number of amides is 2. The lowest BCUT2D eigenvalue weighted by molar-refractivity contribution is -0.121. The molecule has 2 N–H and O–H groups in total. The summed E-state index contributed by atoms with van der Waals surface area (Å²) in [4.78, 5) is 31.0. The van der Waals surface area contributed by atoms with Crippen LogP contribution in [0.4, 0.5) is 14.5 Å². The molecule has 7 nitrogen and oxygen atoms in total. The van der Waals surface area contributed by atoms with Crippen molar-refractivity contribution in [3.63, 3.8) is 0 Å². The Morgan fingerprint density at radius 3 is 2.62 bits per heavy atom. The van der Waals surface area contributed by atoms with Crippen LogP contribution in [0.3, 0.4) is 0 Å². The topological polar surface area (TPSA) is 83.6 Å². The van der Waals surface area contributed by atoms with E-state index >= 15 is 0 Å². The zero-order valence-corrected chi connectivity index (χ0v) is 19.0. The fourth-order valence-corrected chi connectivity index (χ4v) is 4.63. The minimum atomic E-state index is -2.88. The lowest BCUT2D eigenvalue weighted by atomic mass is 9.91. The predicted molar refractivity (Wildman–Crippen MR) is 124 cm³/mol. The van der Waals surface area contributed by atoms with Crippen LogP contribution in [0.2, 0.25) is 0 Å². The van der Waals surface area contributed by atoms with Crippen molar-refractivity contribution < 1.29 is 23.1 Å². The number of hydrogen-bond acceptors (Lipinski definition) is 5. The van der Waals surface area contributed by atoms with Gasteiger partial charge in [0.15, 0.2) is 0 Å². The molecule has 1 aromatic carbocycles. The zero-order chi connectivity index (χ0) is 23.9. The molecule has 2 aliphatic heterocycles. The van der Waals surface area contributed by atoms with Gasteiger partial charge in [-0.3, -0.25) is 14.6 Å². The van der Waals surface area contributed by atoms with Gasteiger partial charge in [0.1, 0.15) is 11.8 Å². The van der Waals surface area contributed by atoms with Crippen molar-refractivity contribution >= 4 is 17.5 Å². The summed E-state index contributed by atoms with van der Waals surface area (Å²) in [6.45, 7) is -0.832. The van der Waals surface area contributed by atoms with Crippen LogP contribution in [0.15, 0.2) is 42.7 Å². The first-order valence-electron chi connectivity index (χ1n) is 11.8. The highest BCUT2D eigenvalue weighted by molar-refractivity contribution is 5.94. The van der Waals surface area contributed by atoms with Gasteiger partial charge in [-0.1, -0.05) is 12.8 Å². The highest BCUT2D eigenvalue weighted by Crippen LogP contribution is 2.25. The molecular weight excluding hydrogens is 442 g/mol. The molecular formula is C25H30F2N4O3. The molecule has 1 aromatic heterocycles. The zero-order valence-electron chi connectivity index (χ0n) is 19.0. The number of hydrogen-bond donors (Lipinski definition) is 2. The molecule has 3 heterocycles. The molecule has 2 aromatic rings. The normalized spacial score (nSPS) is 17.9. The summed E-state index contributed by atoms with van der Waals surface area (Å²) in [6, 6.07) is 7.50. The second kappa shape index (κ2) is 11.3. The Balaban J connectivity index is 1.10. The number of anilines is 1. The molecule has 1 atom stereocenters. The van der Waals surface area contributed by atoms with Gasteiger partial charge < -0.3 is 20.3 Å². The molecule has 9 heteroatoms. The maximum atomic E-state index is 12.7. The number of likely N-dealkylation sites (tertiary alicyclic amines) is 1. The van der Waals surface area contributed by atoms with Crippen LogP contribution in [0.5, 0.6) is 5.75 Å². The number of piperidine rings is 1. The number of rotatable bonds is 9. The number of aromatic nitrogens is 1. The molecule has 0 aliphatic carbocycles. The van der Waals surface area contributed by atoms with E-state index in [0.717, 1.165) is 43.4 Å². The maximum Gasteiger partial charge on any atom is 0.387 e. The molecule has 4 rings (SSSR count). The van der Waals surface area contributed by atoms with Crippen LogP contribution in [-0.2, 0) is 11.2 Å². The molecule has 0 saturated carbocycles. The van der Waals surface area contributed by atoms with Gasteiger partial charge in [0.05, 0.1) is 0 Å². The van der Waals surface area contributed by atoms with Crippen molar-refractivity contribution in [1.29, 1.82) is 0 Å². The van der Waals surface area contributed by atoms with E-state index in [2.05, 4.69) is 20.4 Å². The van der Waals surface area contributed by atoms with Gasteiger partial charge in [0.25, 0.3) is 5.91 Å². The molecule has 0 radical (unpaired) electrons. The average Bonchev–Trinajstić information content (AvgIpc) is 3.28. The fourth-order valence-electron chi connectivity index (χ4n) is 4.63. The number of halogens is 2. The molecule has 0 bridgehead atoms. The lowest BCUT2D eigenvalue weighted by Crippen LogP contribution is -2.39. The Hall–Kier alpha value is -3.23. The third-order valence-electron chi connectivity index (χ3n) is 6.54. The quantitative estimate of drug-likeness (QED) is 0.542. The van der Waals surface area contributed by atoms with E-state index in [9.17, 15) is 18.4 Å². The molecule has 1 fully saturated rings. The third-order valence-corrected chi connectivity index (χ3v) is 6.54. The van der Waals surface area contributed by atoms with E-state index < -0.39 is 6.61 Å². The molecule has 34 heavy (non-hydrogen) atoms. The lowest BCUT2D eigenvalue weighted by Gasteiger charge is -2.32. The van der Waals surface area contributed by atoms with Crippen molar-refractivity contribution in [2.45, 2.75) is 51.2 Å². The van der Waals surface area contributed by atoms with Crippen LogP contribution in [0, 0.1) is 5.92 Å². The Bertz CT molecular complexity index is 953. The summed E-state index contributed by atoms with van der Waals surface area (Å²) in [5.41, 5.74) is 2.54. The Morgan fingerprint density at radius 2 is 1.91 bits per heavy atom. The number of carbonyl (C=O) groups excluding carboxylic acids is 2. The number of carbonyl (C=O) groups is 2. The second-order valence-electron chi connectivity index (χ2n) is 8.86. The largest absolute Gasteiger partial charge is 0.435 e. The van der Waals surface area contributed by atoms with Crippen LogP contribution in [0.25, 0.3) is 0 Å². The van der Waals surface area contributed by atoms with Crippen LogP contribution < -0.4 is 15.4 Å². The number of unbranched alkanes of at least 4 members (excludes halogenated alkanes) is 1. The van der Waals surface area contributed by atoms with Crippen molar-refractivity contribution in [1.82, 2.24) is 15.2 Å². The first kappa shape index (κ1) is 23.9. The summed E-state index contributed by atoms with van der Waals surface area (Å²) < 4.78 is 28.9. The van der Waals surface area contributed by atoms with Gasteiger partial charge in [-0.15, -0.1) is 0 Å². The van der Waals surface area contributed by atoms with Crippen molar-refractivity contribution in [2.75, 3.05) is 25.0 Å². The molecule has 0 spiro atoms. The van der Waals surface area contributed by atoms with Gasteiger partial charge >= 0.3 is 6.61 Å². The standard InChI is InChI=1S/C25H30F2N4O3/c26-25(27)34-20-6-4-18(5-7-20)24(33)31-13-9-17(10-14-31)3-1-2-11-29-23(32)22-15-19-16-28-12-8-21(19)30-22/h4-8,12,16-17,22,25,30H,1-3,9-11,13-15H2,(H,29,32). The predicted octanol–water partition coefficient (Wildman–Crippen LogP) is 3.86. The monoisotopic (exact) mass is 472 g/mol. The SMILES string of the molecule is O=C(NCCCCC1CCN(C(=O)c2ccc(OC(F)F)cc2)CC1)C1Cc2cnccc2N1. The van der Waals surface area contributed by atoms with Crippen molar-refractivity contribution in [2.24, 2.45) is 5.92 Å². The van der Waals surface area contributed by atoms with Crippen LogP contribution >= 0.6 is 0 Å². The van der Waals surface area contributed by atoms with E-state index in [1.165, 1.54) is 24.3 Å². The first-order chi connectivity index (χ1) is 16.5. The third kappa shape index (κ3) is 6.21. The Kier molecular flexibility index (Phi) is 7.92. The van der Waals surface area contributed by atoms with Gasteiger partial charge in [0, 0.05) is 49.7 Å². The minimum Gasteiger partial charge on any atom is -0.435 e. The fraction of sp³-hybridized carbons (Fsp3) is 0.480. The Labute approximate surface area is 197 Å². The average molecular weight is 473 g/mol. The summed E-state index contributed by atoms with van der Waals surface area (Å²) >= 11 is 0. The molecule has 2 aliphatic rings. The molecule has 1 saturated heterocycles. The summed E-state index contributed by atoms with van der Waals surface area (Å²) in [5.74, 6) is 0.559. The smallest absolute Gasteiger partial charge is 0.387 e. The number of nitrogens with zero attached hydrogens (tertiary/aromatic N) is 2. The van der Waals surface area contributed by atoms with Gasteiger partial charge in [0.2, 0.25) is 5.91 Å². The molecule has 1 unspecified atom stereocenters. The van der Waals surface area contributed by atoms with E-state index in [4.69, 9.17) is 0 Å². The summed E-state index contributed by atoms with van der Waals surface area (Å²) in [7, 11) is 0. The summed E-state index contributed by atoms with van der Waals surface area (Å²) in [6.07, 6.45) is 9.13. The van der Waals surface area contributed by atoms with E-state index in [-0.39, 0.29) is 23.6 Å². The van der Waals surface area contributed by atoms with Crippen LogP contribution in [-0.4, -0.2) is 54.0 Å². The maximum absolute atomic E-state index is 12.7. The van der Waals surface area contributed by atoms with Crippen LogP contribution in [0.1, 0.15) is 48.0 Å². The molecule has 182 valence electrons. The van der Waals surface area contributed by atoms with Crippen molar-refractivity contribution in [3.8, 4) is 5.75 Å². The van der Waals surface area contributed by atoms with E-state index in [1.54, 1.807) is 12.4 Å². The van der Waals surface area contributed by atoms with Gasteiger partial charge in [-0.05, 0) is 61.1 Å². The highest BCUT2D eigenvalue weighted by Gasteiger charge is 2.26. The number of ether oxygens (including phenoxy) is 1. The number of fused-ring (bicyclic) bond motifs is 1. The van der Waals surface area contributed by atoms with Crippen molar-refractivity contribution in [3.05, 3.63) is 53.9 Å². The number of benzene rings is 1. The number of nitrogens with one attached hydrogen (secondary N) is 2. The van der Waals surface area contributed by atoms with Gasteiger partial charge in [-0.25, -0.2) is 0 Å². The first-order valence-corrected chi connectivity index (χ1v) is 11.8. The summed E-state index contributed by atoms with van der Waals surface area (Å²) in [5, 5.41) is 6.27. The van der Waals surface area contributed by atoms with Gasteiger partial charge in [-0.2, -0.15) is 8.78 Å². The Morgan fingerprint density at radius 1 is 1.15 bits per heavy atom. The minimum absolute atomic E-state index is 0.0248. The van der Waals surface area contributed by atoms with E-state index in [0.29, 0.717) is 37.5 Å². The van der Waals surface area contributed by atoms with E-state index in [1.807, 2.05) is 11.0 Å². The number of alkyl halides is 2. The second-order valence-corrected chi connectivity index (χ2v) is 8.86. The number of pyridine rings is 1.